The van der Waals surface area contributed by atoms with Crippen LogP contribution in [0.25, 0.3) is 12.2 Å². The number of hydrogen-bond acceptors (Lipinski definition) is 4. The molecule has 0 radical (unpaired) electrons. The fourth-order valence-corrected chi connectivity index (χ4v) is 1.89. The molecule has 0 unspecified atom stereocenters. The molecule has 2 aromatic carbocycles. The third kappa shape index (κ3) is 5.39. The zero-order chi connectivity index (χ0) is 17.4. The summed E-state index contributed by atoms with van der Waals surface area (Å²) in [7, 11) is 0. The van der Waals surface area contributed by atoms with E-state index in [0.29, 0.717) is 24.3 Å². The monoisotopic (exact) mass is 324 g/mol. The summed E-state index contributed by atoms with van der Waals surface area (Å²) in [5, 5.41) is 0. The van der Waals surface area contributed by atoms with Gasteiger partial charge in [0, 0.05) is 12.8 Å². The molecule has 0 heterocycles. The minimum absolute atomic E-state index is 0.248. The number of carbonyl (C=O) groups excluding carboxylic acids is 2. The van der Waals surface area contributed by atoms with Gasteiger partial charge in [-0.05, 0) is 35.4 Å². The van der Waals surface area contributed by atoms with Gasteiger partial charge in [0.05, 0.1) is 0 Å². The molecular formula is C20H20O4. The Morgan fingerprint density at radius 2 is 1.04 bits per heavy atom. The van der Waals surface area contributed by atoms with Crippen LogP contribution in [0.15, 0.2) is 48.5 Å². The lowest BCUT2D eigenvalue weighted by Crippen LogP contribution is -2.05. The van der Waals surface area contributed by atoms with Crippen molar-refractivity contribution < 1.29 is 19.1 Å². The van der Waals surface area contributed by atoms with Crippen LogP contribution in [0.2, 0.25) is 0 Å². The standard InChI is InChI=1S/C20H20O4/c1-3-19(21)23-17-11-7-15(8-12-17)5-6-16-9-13-18(14-10-16)24-20(22)4-2/h5-14H,3-4H2,1-2H3. The summed E-state index contributed by atoms with van der Waals surface area (Å²) in [5.41, 5.74) is 1.99. The highest BCUT2D eigenvalue weighted by Gasteiger charge is 2.01. The van der Waals surface area contributed by atoms with Gasteiger partial charge in [0.1, 0.15) is 11.5 Å². The van der Waals surface area contributed by atoms with Crippen LogP contribution in [0, 0.1) is 0 Å². The summed E-state index contributed by atoms with van der Waals surface area (Å²) in [5.74, 6) is 0.589. The van der Waals surface area contributed by atoms with Gasteiger partial charge in [0.2, 0.25) is 0 Å². The first-order valence-corrected chi connectivity index (χ1v) is 7.90. The van der Waals surface area contributed by atoms with Crippen molar-refractivity contribution in [1.82, 2.24) is 0 Å². The molecule has 2 aromatic rings. The van der Waals surface area contributed by atoms with E-state index in [9.17, 15) is 9.59 Å². The molecule has 24 heavy (non-hydrogen) atoms. The zero-order valence-electron chi connectivity index (χ0n) is 13.8. The Morgan fingerprint density at radius 3 is 1.33 bits per heavy atom. The lowest BCUT2D eigenvalue weighted by Gasteiger charge is -2.03. The van der Waals surface area contributed by atoms with Gasteiger partial charge in [-0.3, -0.25) is 9.59 Å². The van der Waals surface area contributed by atoms with Crippen molar-refractivity contribution in [1.29, 1.82) is 0 Å². The maximum Gasteiger partial charge on any atom is 0.310 e. The largest absolute Gasteiger partial charge is 0.427 e. The van der Waals surface area contributed by atoms with Crippen LogP contribution in [0.3, 0.4) is 0 Å². The van der Waals surface area contributed by atoms with Gasteiger partial charge < -0.3 is 9.47 Å². The quantitative estimate of drug-likeness (QED) is 0.446. The van der Waals surface area contributed by atoms with E-state index < -0.39 is 0 Å². The molecule has 0 atom stereocenters. The maximum absolute atomic E-state index is 11.2. The molecule has 2 rings (SSSR count). The summed E-state index contributed by atoms with van der Waals surface area (Å²) in [6.45, 7) is 3.52. The van der Waals surface area contributed by atoms with Gasteiger partial charge in [-0.15, -0.1) is 0 Å². The first-order valence-electron chi connectivity index (χ1n) is 7.90. The van der Waals surface area contributed by atoms with Gasteiger partial charge in [-0.25, -0.2) is 0 Å². The Hall–Kier alpha value is -2.88. The Labute approximate surface area is 141 Å². The number of benzene rings is 2. The van der Waals surface area contributed by atoms with Gasteiger partial charge in [-0.1, -0.05) is 50.3 Å². The van der Waals surface area contributed by atoms with Crippen LogP contribution in [-0.4, -0.2) is 11.9 Å². The molecule has 0 amide bonds. The SMILES string of the molecule is CCC(=O)Oc1ccc(C=Cc2ccc(OC(=O)CC)cc2)cc1. The molecule has 0 aliphatic heterocycles. The predicted molar refractivity (Wildman–Crippen MR) is 93.7 cm³/mol. The third-order valence-electron chi connectivity index (χ3n) is 3.27. The van der Waals surface area contributed by atoms with Crippen molar-refractivity contribution >= 4 is 24.1 Å². The second-order valence-corrected chi connectivity index (χ2v) is 5.13. The van der Waals surface area contributed by atoms with Crippen molar-refractivity contribution in [3.8, 4) is 11.5 Å². The topological polar surface area (TPSA) is 52.6 Å². The van der Waals surface area contributed by atoms with E-state index in [0.717, 1.165) is 11.1 Å². The molecule has 0 saturated heterocycles. The summed E-state index contributed by atoms with van der Waals surface area (Å²) >= 11 is 0. The van der Waals surface area contributed by atoms with Gasteiger partial charge >= 0.3 is 11.9 Å². The van der Waals surface area contributed by atoms with Crippen molar-refractivity contribution in [2.75, 3.05) is 0 Å². The normalized spacial score (nSPS) is 10.6. The number of esters is 2. The minimum atomic E-state index is -0.248. The molecule has 0 N–H and O–H groups in total. The van der Waals surface area contributed by atoms with Gasteiger partial charge in [0.25, 0.3) is 0 Å². The molecule has 0 spiro atoms. The number of hydrogen-bond donors (Lipinski definition) is 0. The molecule has 4 nitrogen and oxygen atoms in total. The average Bonchev–Trinajstić information content (AvgIpc) is 2.62. The van der Waals surface area contributed by atoms with Crippen molar-refractivity contribution in [3.63, 3.8) is 0 Å². The molecule has 0 aliphatic carbocycles. The highest BCUT2D eigenvalue weighted by molar-refractivity contribution is 5.74. The maximum atomic E-state index is 11.2. The van der Waals surface area contributed by atoms with Crippen LogP contribution >= 0.6 is 0 Å². The van der Waals surface area contributed by atoms with E-state index in [2.05, 4.69) is 0 Å². The summed E-state index contributed by atoms with van der Waals surface area (Å²) in [6, 6.07) is 14.6. The van der Waals surface area contributed by atoms with Crippen molar-refractivity contribution in [2.24, 2.45) is 0 Å². The van der Waals surface area contributed by atoms with E-state index in [4.69, 9.17) is 9.47 Å². The lowest BCUT2D eigenvalue weighted by molar-refractivity contribution is -0.134. The molecule has 0 saturated carbocycles. The van der Waals surface area contributed by atoms with Crippen LogP contribution < -0.4 is 9.47 Å². The van der Waals surface area contributed by atoms with Gasteiger partial charge in [-0.2, -0.15) is 0 Å². The Bertz CT molecular complexity index is 649. The van der Waals surface area contributed by atoms with Crippen LogP contribution in [0.1, 0.15) is 37.8 Å². The molecule has 124 valence electrons. The minimum Gasteiger partial charge on any atom is -0.427 e. The van der Waals surface area contributed by atoms with Crippen LogP contribution in [0.5, 0.6) is 11.5 Å². The summed E-state index contributed by atoms with van der Waals surface area (Å²) in [6.07, 6.45) is 4.62. The number of carbonyl (C=O) groups is 2. The van der Waals surface area contributed by atoms with Gasteiger partial charge in [0.15, 0.2) is 0 Å². The second-order valence-electron chi connectivity index (χ2n) is 5.13. The Morgan fingerprint density at radius 1 is 0.708 bits per heavy atom. The smallest absolute Gasteiger partial charge is 0.310 e. The fourth-order valence-electron chi connectivity index (χ4n) is 1.89. The molecule has 0 aliphatic rings. The molecule has 0 bridgehead atoms. The first-order chi connectivity index (χ1) is 11.6. The number of rotatable bonds is 6. The van der Waals surface area contributed by atoms with E-state index in [-0.39, 0.29) is 11.9 Å². The van der Waals surface area contributed by atoms with Crippen molar-refractivity contribution in [3.05, 3.63) is 59.7 Å². The van der Waals surface area contributed by atoms with Crippen LogP contribution in [-0.2, 0) is 9.59 Å². The zero-order valence-corrected chi connectivity index (χ0v) is 13.8. The number of ether oxygens (including phenoxy) is 2. The van der Waals surface area contributed by atoms with Crippen LogP contribution in [0.4, 0.5) is 0 Å². The average molecular weight is 324 g/mol. The highest BCUT2D eigenvalue weighted by Crippen LogP contribution is 2.17. The van der Waals surface area contributed by atoms with E-state index in [1.807, 2.05) is 36.4 Å². The predicted octanol–water partition coefficient (Wildman–Crippen LogP) is 4.49. The molecule has 0 fully saturated rings. The Kier molecular flexibility index (Phi) is 6.32. The fraction of sp³-hybridized carbons (Fsp3) is 0.200. The summed E-state index contributed by atoms with van der Waals surface area (Å²) in [4.78, 5) is 22.4. The highest BCUT2D eigenvalue weighted by atomic mass is 16.5. The van der Waals surface area contributed by atoms with E-state index >= 15 is 0 Å². The molecular weight excluding hydrogens is 304 g/mol. The second kappa shape index (κ2) is 8.67. The lowest BCUT2D eigenvalue weighted by atomic mass is 10.1. The first kappa shape index (κ1) is 17.5. The summed E-state index contributed by atoms with van der Waals surface area (Å²) < 4.78 is 10.3. The van der Waals surface area contributed by atoms with E-state index in [1.54, 1.807) is 38.1 Å². The Balaban J connectivity index is 1.97. The molecule has 4 heteroatoms. The third-order valence-corrected chi connectivity index (χ3v) is 3.27. The van der Waals surface area contributed by atoms with Crippen molar-refractivity contribution in [2.45, 2.75) is 26.7 Å². The van der Waals surface area contributed by atoms with E-state index in [1.165, 1.54) is 0 Å². The molecule has 0 aromatic heterocycles.